The van der Waals surface area contributed by atoms with Crippen LogP contribution in [0.4, 0.5) is 11.6 Å². The quantitative estimate of drug-likeness (QED) is 0.462. The number of aliphatic hydroxyl groups excluding tert-OH is 1. The molecule has 0 bridgehead atoms. The van der Waals surface area contributed by atoms with Crippen molar-refractivity contribution < 1.29 is 5.11 Å². The molecule has 0 aliphatic heterocycles. The molecule has 6 heteroatoms. The number of hydrogen-bond acceptors (Lipinski definition) is 6. The number of nitrogens with one attached hydrogen (secondary N) is 2. The molecule has 0 saturated carbocycles. The van der Waals surface area contributed by atoms with Gasteiger partial charge < -0.3 is 15.8 Å². The van der Waals surface area contributed by atoms with Crippen LogP contribution in [0.3, 0.4) is 0 Å². The van der Waals surface area contributed by atoms with Crippen LogP contribution < -0.4 is 16.6 Å². The van der Waals surface area contributed by atoms with E-state index >= 15 is 0 Å². The average molecular weight is 267 g/mol. The molecule has 0 aromatic carbocycles. The Labute approximate surface area is 114 Å². The lowest BCUT2D eigenvalue weighted by Crippen LogP contribution is -2.26. The third-order valence-corrected chi connectivity index (χ3v) is 3.06. The third kappa shape index (κ3) is 4.04. The summed E-state index contributed by atoms with van der Waals surface area (Å²) in [5.41, 5.74) is 3.44. The van der Waals surface area contributed by atoms with Crippen molar-refractivity contribution in [2.45, 2.75) is 46.6 Å². The summed E-state index contributed by atoms with van der Waals surface area (Å²) in [5.74, 6) is 7.93. The van der Waals surface area contributed by atoms with E-state index in [9.17, 15) is 5.11 Å². The fraction of sp³-hybridized carbons (Fsp3) is 0.692. The number of nitrogens with zero attached hydrogens (tertiary/aromatic N) is 2. The van der Waals surface area contributed by atoms with E-state index in [-0.39, 0.29) is 11.8 Å². The standard InChI is InChI=1S/C13H25N5O/c1-7(2)10(19)6-15-12-9(5)13(18-14)17-11(16-12)8(3)4/h7-8,10,19H,6,14H2,1-5H3,(H2,15,16,17,18). The van der Waals surface area contributed by atoms with Gasteiger partial charge in [0.2, 0.25) is 0 Å². The van der Waals surface area contributed by atoms with Crippen LogP contribution in [0, 0.1) is 12.8 Å². The summed E-state index contributed by atoms with van der Waals surface area (Å²) in [6.45, 7) is 10.4. The number of aliphatic hydroxyl groups is 1. The monoisotopic (exact) mass is 267 g/mol. The Kier molecular flexibility index (Phi) is 5.50. The first kappa shape index (κ1) is 15.7. The zero-order valence-electron chi connectivity index (χ0n) is 12.4. The van der Waals surface area contributed by atoms with E-state index in [1.807, 2.05) is 34.6 Å². The zero-order chi connectivity index (χ0) is 14.6. The Bertz CT molecular complexity index is 420. The topological polar surface area (TPSA) is 96.1 Å². The van der Waals surface area contributed by atoms with E-state index < -0.39 is 6.10 Å². The van der Waals surface area contributed by atoms with Crippen LogP contribution in [0.5, 0.6) is 0 Å². The summed E-state index contributed by atoms with van der Waals surface area (Å²) in [5, 5.41) is 13.0. The molecule has 1 aromatic rings. The number of hydrazine groups is 1. The van der Waals surface area contributed by atoms with Gasteiger partial charge in [-0.25, -0.2) is 15.8 Å². The molecular formula is C13H25N5O. The van der Waals surface area contributed by atoms with Crippen molar-refractivity contribution in [3.63, 3.8) is 0 Å². The molecule has 0 amide bonds. The van der Waals surface area contributed by atoms with Crippen LogP contribution in [-0.2, 0) is 0 Å². The maximum absolute atomic E-state index is 9.84. The van der Waals surface area contributed by atoms with E-state index in [2.05, 4.69) is 20.7 Å². The lowest BCUT2D eigenvalue weighted by molar-refractivity contribution is 0.138. The molecule has 0 fully saturated rings. The van der Waals surface area contributed by atoms with E-state index in [0.29, 0.717) is 18.2 Å². The fourth-order valence-electron chi connectivity index (χ4n) is 1.54. The molecule has 1 heterocycles. The molecule has 0 radical (unpaired) electrons. The second-order valence-corrected chi connectivity index (χ2v) is 5.40. The Balaban J connectivity index is 2.95. The minimum atomic E-state index is -0.411. The number of nitrogen functional groups attached to an aromatic ring is 1. The van der Waals surface area contributed by atoms with Crippen LogP contribution >= 0.6 is 0 Å². The smallest absolute Gasteiger partial charge is 0.148 e. The summed E-state index contributed by atoms with van der Waals surface area (Å²) >= 11 is 0. The maximum Gasteiger partial charge on any atom is 0.148 e. The molecule has 0 aliphatic rings. The largest absolute Gasteiger partial charge is 0.391 e. The average Bonchev–Trinajstić information content (AvgIpc) is 2.36. The predicted molar refractivity (Wildman–Crippen MR) is 78.0 cm³/mol. The Morgan fingerprint density at radius 3 is 2.21 bits per heavy atom. The SMILES string of the molecule is Cc1c(NN)nc(C(C)C)nc1NCC(O)C(C)C. The van der Waals surface area contributed by atoms with E-state index in [0.717, 1.165) is 11.4 Å². The molecule has 1 unspecified atom stereocenters. The van der Waals surface area contributed by atoms with Crippen LogP contribution in [-0.4, -0.2) is 27.7 Å². The van der Waals surface area contributed by atoms with E-state index in [1.54, 1.807) is 0 Å². The Morgan fingerprint density at radius 1 is 1.16 bits per heavy atom. The number of hydrogen-bond donors (Lipinski definition) is 4. The summed E-state index contributed by atoms with van der Waals surface area (Å²) < 4.78 is 0. The van der Waals surface area contributed by atoms with Crippen LogP contribution in [0.1, 0.15) is 45.0 Å². The van der Waals surface area contributed by atoms with Crippen molar-refractivity contribution in [2.75, 3.05) is 17.3 Å². The fourth-order valence-corrected chi connectivity index (χ4v) is 1.54. The zero-order valence-corrected chi connectivity index (χ0v) is 12.4. The molecule has 0 aliphatic carbocycles. The maximum atomic E-state index is 9.84. The van der Waals surface area contributed by atoms with Crippen molar-refractivity contribution in [1.29, 1.82) is 0 Å². The van der Waals surface area contributed by atoms with Crippen molar-refractivity contribution in [3.8, 4) is 0 Å². The van der Waals surface area contributed by atoms with Crippen molar-refractivity contribution >= 4 is 11.6 Å². The van der Waals surface area contributed by atoms with Crippen molar-refractivity contribution in [1.82, 2.24) is 9.97 Å². The van der Waals surface area contributed by atoms with Gasteiger partial charge in [0.1, 0.15) is 17.5 Å². The summed E-state index contributed by atoms with van der Waals surface area (Å²) in [7, 11) is 0. The van der Waals surface area contributed by atoms with Crippen LogP contribution in [0.2, 0.25) is 0 Å². The molecule has 1 rings (SSSR count). The first-order chi connectivity index (χ1) is 8.86. The normalized spacial score (nSPS) is 12.9. The second-order valence-electron chi connectivity index (χ2n) is 5.40. The minimum absolute atomic E-state index is 0.200. The highest BCUT2D eigenvalue weighted by atomic mass is 16.3. The summed E-state index contributed by atoms with van der Waals surface area (Å²) in [4.78, 5) is 8.85. The first-order valence-electron chi connectivity index (χ1n) is 6.63. The highest BCUT2D eigenvalue weighted by Gasteiger charge is 2.14. The van der Waals surface area contributed by atoms with Crippen LogP contribution in [0.25, 0.3) is 0 Å². The van der Waals surface area contributed by atoms with E-state index in [1.165, 1.54) is 0 Å². The molecule has 6 nitrogen and oxygen atoms in total. The van der Waals surface area contributed by atoms with Gasteiger partial charge in [-0.3, -0.25) is 0 Å². The lowest BCUT2D eigenvalue weighted by atomic mass is 10.1. The molecular weight excluding hydrogens is 242 g/mol. The van der Waals surface area contributed by atoms with Crippen molar-refractivity contribution in [2.24, 2.45) is 11.8 Å². The van der Waals surface area contributed by atoms with Crippen molar-refractivity contribution in [3.05, 3.63) is 11.4 Å². The second kappa shape index (κ2) is 6.68. The molecule has 19 heavy (non-hydrogen) atoms. The minimum Gasteiger partial charge on any atom is -0.391 e. The Hall–Kier alpha value is -1.40. The van der Waals surface area contributed by atoms with Gasteiger partial charge >= 0.3 is 0 Å². The highest BCUT2D eigenvalue weighted by Crippen LogP contribution is 2.22. The summed E-state index contributed by atoms with van der Waals surface area (Å²) in [6, 6.07) is 0. The first-order valence-corrected chi connectivity index (χ1v) is 6.63. The van der Waals surface area contributed by atoms with Gasteiger partial charge in [0.15, 0.2) is 0 Å². The molecule has 5 N–H and O–H groups in total. The summed E-state index contributed by atoms with van der Waals surface area (Å²) in [6.07, 6.45) is -0.411. The third-order valence-electron chi connectivity index (χ3n) is 3.06. The number of aromatic nitrogens is 2. The van der Waals surface area contributed by atoms with Gasteiger partial charge in [0.05, 0.1) is 6.10 Å². The predicted octanol–water partition coefficient (Wildman–Crippen LogP) is 1.62. The van der Waals surface area contributed by atoms with Gasteiger partial charge in [-0.2, -0.15) is 0 Å². The number of rotatable bonds is 6. The highest BCUT2D eigenvalue weighted by molar-refractivity contribution is 5.56. The van der Waals surface area contributed by atoms with Crippen LogP contribution in [0.15, 0.2) is 0 Å². The number of nitrogens with two attached hydrogens (primary N) is 1. The molecule has 1 aromatic heterocycles. The molecule has 108 valence electrons. The molecule has 0 spiro atoms. The van der Waals surface area contributed by atoms with Gasteiger partial charge in [-0.15, -0.1) is 0 Å². The lowest BCUT2D eigenvalue weighted by Gasteiger charge is -2.18. The molecule has 1 atom stereocenters. The Morgan fingerprint density at radius 2 is 1.74 bits per heavy atom. The van der Waals surface area contributed by atoms with E-state index in [4.69, 9.17) is 5.84 Å². The van der Waals surface area contributed by atoms with Gasteiger partial charge in [-0.1, -0.05) is 27.7 Å². The number of anilines is 2. The van der Waals surface area contributed by atoms with Gasteiger partial charge in [0.25, 0.3) is 0 Å². The molecule has 0 saturated heterocycles. The van der Waals surface area contributed by atoms with Gasteiger partial charge in [0, 0.05) is 18.0 Å². The van der Waals surface area contributed by atoms with Gasteiger partial charge in [-0.05, 0) is 12.8 Å².